The first-order valence-electron chi connectivity index (χ1n) is 5.72. The number of rotatable bonds is 4. The van der Waals surface area contributed by atoms with Crippen LogP contribution in [0.25, 0.3) is 0 Å². The third-order valence-electron chi connectivity index (χ3n) is 2.75. The van der Waals surface area contributed by atoms with Gasteiger partial charge in [0.15, 0.2) is 0 Å². The molecule has 0 aromatic rings. The zero-order valence-electron chi connectivity index (χ0n) is 9.87. The van der Waals surface area contributed by atoms with E-state index in [-0.39, 0.29) is 0 Å². The molecule has 5 heteroatoms. The molecule has 0 radical (unpaired) electrons. The summed E-state index contributed by atoms with van der Waals surface area (Å²) in [6.07, 6.45) is 2.68. The number of likely N-dealkylation sites (N-methyl/N-ethyl adjacent to an activating group) is 1. The number of nitrogens with zero attached hydrogens (tertiary/aromatic N) is 3. The summed E-state index contributed by atoms with van der Waals surface area (Å²) in [6, 6.07) is 0. The highest BCUT2D eigenvalue weighted by Gasteiger charge is 2.12. The van der Waals surface area contributed by atoms with Gasteiger partial charge in [-0.2, -0.15) is 0 Å². The molecule has 0 saturated carbocycles. The van der Waals surface area contributed by atoms with E-state index in [1.807, 2.05) is 14.0 Å². The Kier molecular flexibility index (Phi) is 5.42. The molecule has 1 saturated heterocycles. The Bertz CT molecular complexity index is 198. The number of hydrazine groups is 1. The van der Waals surface area contributed by atoms with Crippen LogP contribution in [0.4, 0.5) is 0 Å². The summed E-state index contributed by atoms with van der Waals surface area (Å²) in [6.45, 7) is 7.32. The van der Waals surface area contributed by atoms with E-state index in [9.17, 15) is 0 Å². The summed E-state index contributed by atoms with van der Waals surface area (Å²) in [5, 5.41) is 0. The lowest BCUT2D eigenvalue weighted by molar-refractivity contribution is 0.304. The second-order valence-corrected chi connectivity index (χ2v) is 3.91. The molecule has 3 N–H and O–H groups in total. The van der Waals surface area contributed by atoms with Crippen molar-refractivity contribution in [2.75, 3.05) is 39.8 Å². The summed E-state index contributed by atoms with van der Waals surface area (Å²) in [4.78, 5) is 8.83. The molecule has 0 aromatic carbocycles. The summed E-state index contributed by atoms with van der Waals surface area (Å²) < 4.78 is 0. The van der Waals surface area contributed by atoms with Crippen LogP contribution in [0.5, 0.6) is 0 Å². The maximum atomic E-state index is 5.41. The lowest BCUT2D eigenvalue weighted by Crippen LogP contribution is -2.45. The Morgan fingerprint density at radius 3 is 2.67 bits per heavy atom. The fourth-order valence-electron chi connectivity index (χ4n) is 1.83. The van der Waals surface area contributed by atoms with Gasteiger partial charge in [-0.15, -0.1) is 0 Å². The number of hydrogen-bond acceptors (Lipinski definition) is 3. The Labute approximate surface area is 92.3 Å². The molecule has 1 aliphatic heterocycles. The van der Waals surface area contributed by atoms with Gasteiger partial charge in [-0.25, -0.2) is 5.84 Å². The SMILES string of the molecule is CCN=C(NN)N(C)CCN1CCCC1. The van der Waals surface area contributed by atoms with Gasteiger partial charge in [0.25, 0.3) is 0 Å². The van der Waals surface area contributed by atoms with Crippen LogP contribution in [0.15, 0.2) is 4.99 Å². The van der Waals surface area contributed by atoms with Gasteiger partial charge in [0.05, 0.1) is 0 Å². The molecule has 15 heavy (non-hydrogen) atoms. The first-order chi connectivity index (χ1) is 7.27. The average molecular weight is 213 g/mol. The average Bonchev–Trinajstić information content (AvgIpc) is 2.75. The molecule has 0 aliphatic carbocycles. The minimum Gasteiger partial charge on any atom is -0.344 e. The van der Waals surface area contributed by atoms with Gasteiger partial charge in [-0.1, -0.05) is 0 Å². The fraction of sp³-hybridized carbons (Fsp3) is 0.900. The largest absolute Gasteiger partial charge is 0.344 e. The molecule has 88 valence electrons. The first kappa shape index (κ1) is 12.3. The molecule has 0 bridgehead atoms. The molecule has 0 unspecified atom stereocenters. The maximum absolute atomic E-state index is 5.41. The highest BCUT2D eigenvalue weighted by atomic mass is 15.4. The van der Waals surface area contributed by atoms with E-state index >= 15 is 0 Å². The molecular formula is C10H23N5. The quantitative estimate of drug-likeness (QED) is 0.295. The molecule has 1 aliphatic rings. The molecule has 0 aromatic heterocycles. The van der Waals surface area contributed by atoms with Crippen molar-refractivity contribution in [3.63, 3.8) is 0 Å². The second-order valence-electron chi connectivity index (χ2n) is 3.91. The topological polar surface area (TPSA) is 56.9 Å². The Morgan fingerprint density at radius 1 is 1.47 bits per heavy atom. The second kappa shape index (κ2) is 6.63. The van der Waals surface area contributed by atoms with Crippen molar-refractivity contribution in [1.29, 1.82) is 0 Å². The highest BCUT2D eigenvalue weighted by Crippen LogP contribution is 2.06. The third-order valence-corrected chi connectivity index (χ3v) is 2.75. The number of nitrogens with two attached hydrogens (primary N) is 1. The molecule has 0 amide bonds. The van der Waals surface area contributed by atoms with Crippen molar-refractivity contribution in [2.24, 2.45) is 10.8 Å². The molecule has 0 spiro atoms. The smallest absolute Gasteiger partial charge is 0.208 e. The van der Waals surface area contributed by atoms with E-state index in [1.165, 1.54) is 25.9 Å². The van der Waals surface area contributed by atoms with Crippen LogP contribution in [-0.2, 0) is 0 Å². The number of aliphatic imine (C=N–C) groups is 1. The lowest BCUT2D eigenvalue weighted by Gasteiger charge is -2.23. The highest BCUT2D eigenvalue weighted by molar-refractivity contribution is 5.79. The molecule has 0 atom stereocenters. The third kappa shape index (κ3) is 4.05. The van der Waals surface area contributed by atoms with Crippen LogP contribution in [-0.4, -0.2) is 55.5 Å². The van der Waals surface area contributed by atoms with Crippen molar-refractivity contribution in [3.05, 3.63) is 0 Å². The van der Waals surface area contributed by atoms with Gasteiger partial charge in [-0.05, 0) is 32.9 Å². The van der Waals surface area contributed by atoms with E-state index in [4.69, 9.17) is 5.84 Å². The van der Waals surface area contributed by atoms with E-state index in [1.54, 1.807) is 0 Å². The summed E-state index contributed by atoms with van der Waals surface area (Å²) in [5.74, 6) is 6.18. The van der Waals surface area contributed by atoms with Gasteiger partial charge in [0.2, 0.25) is 5.96 Å². The van der Waals surface area contributed by atoms with Crippen LogP contribution in [0, 0.1) is 0 Å². The normalized spacial score (nSPS) is 18.2. The van der Waals surface area contributed by atoms with E-state index < -0.39 is 0 Å². The van der Waals surface area contributed by atoms with Crippen LogP contribution in [0.1, 0.15) is 19.8 Å². The van der Waals surface area contributed by atoms with Crippen LogP contribution < -0.4 is 11.3 Å². The minimum atomic E-state index is 0.758. The van der Waals surface area contributed by atoms with Crippen LogP contribution in [0.2, 0.25) is 0 Å². The van der Waals surface area contributed by atoms with Gasteiger partial charge in [0.1, 0.15) is 0 Å². The fourth-order valence-corrected chi connectivity index (χ4v) is 1.83. The summed E-state index contributed by atoms with van der Waals surface area (Å²) in [7, 11) is 2.02. The molecular weight excluding hydrogens is 190 g/mol. The molecule has 1 heterocycles. The number of guanidine groups is 1. The Morgan fingerprint density at radius 2 is 2.13 bits per heavy atom. The van der Waals surface area contributed by atoms with Crippen molar-refractivity contribution in [3.8, 4) is 0 Å². The summed E-state index contributed by atoms with van der Waals surface area (Å²) >= 11 is 0. The zero-order chi connectivity index (χ0) is 11.1. The number of hydrogen-bond donors (Lipinski definition) is 2. The van der Waals surface area contributed by atoms with Crippen LogP contribution >= 0.6 is 0 Å². The predicted octanol–water partition coefficient (Wildman–Crippen LogP) is -0.147. The predicted molar refractivity (Wildman–Crippen MR) is 63.6 cm³/mol. The maximum Gasteiger partial charge on any atom is 0.208 e. The van der Waals surface area contributed by atoms with Crippen molar-refractivity contribution in [1.82, 2.24) is 15.2 Å². The Hall–Kier alpha value is -0.810. The van der Waals surface area contributed by atoms with Crippen molar-refractivity contribution in [2.45, 2.75) is 19.8 Å². The molecule has 1 rings (SSSR count). The monoisotopic (exact) mass is 213 g/mol. The van der Waals surface area contributed by atoms with E-state index in [0.717, 1.165) is 25.6 Å². The van der Waals surface area contributed by atoms with Gasteiger partial charge in [-0.3, -0.25) is 10.4 Å². The lowest BCUT2D eigenvalue weighted by atomic mass is 10.4. The van der Waals surface area contributed by atoms with E-state index in [0.29, 0.717) is 0 Å². The minimum absolute atomic E-state index is 0.758. The van der Waals surface area contributed by atoms with Gasteiger partial charge < -0.3 is 9.80 Å². The number of likely N-dealkylation sites (tertiary alicyclic amines) is 1. The molecule has 5 nitrogen and oxygen atoms in total. The first-order valence-corrected chi connectivity index (χ1v) is 5.72. The summed E-state index contributed by atoms with van der Waals surface area (Å²) in [5.41, 5.74) is 2.64. The van der Waals surface area contributed by atoms with Crippen LogP contribution in [0.3, 0.4) is 0 Å². The van der Waals surface area contributed by atoms with Crippen molar-refractivity contribution >= 4 is 5.96 Å². The zero-order valence-corrected chi connectivity index (χ0v) is 9.87. The van der Waals surface area contributed by atoms with Gasteiger partial charge >= 0.3 is 0 Å². The number of nitrogens with one attached hydrogen (secondary N) is 1. The standard InChI is InChI=1S/C10H23N5/c1-3-12-10(13-11)14(2)8-9-15-6-4-5-7-15/h3-9,11H2,1-2H3,(H,12,13). The van der Waals surface area contributed by atoms with E-state index in [2.05, 4.69) is 20.2 Å². The Balaban J connectivity index is 2.26. The molecule has 1 fully saturated rings. The van der Waals surface area contributed by atoms with Crippen molar-refractivity contribution < 1.29 is 0 Å². The van der Waals surface area contributed by atoms with Gasteiger partial charge in [0, 0.05) is 26.7 Å².